The maximum absolute atomic E-state index is 13.3. The monoisotopic (exact) mass is 518 g/mol. The Balaban J connectivity index is 1.63. The van der Waals surface area contributed by atoms with Gasteiger partial charge in [-0.2, -0.15) is 0 Å². The highest BCUT2D eigenvalue weighted by molar-refractivity contribution is 7.99. The predicted octanol–water partition coefficient (Wildman–Crippen LogP) is 3.93. The summed E-state index contributed by atoms with van der Waals surface area (Å²) in [7, 11) is 0. The Kier molecular flexibility index (Phi) is 8.21. The molecular formula is C25H22N6O5S. The molecule has 0 aliphatic heterocycles. The smallest absolute Gasteiger partial charge is 0.326 e. The molecule has 37 heavy (non-hydrogen) atoms. The number of nitro benzene ring substituents is 1. The number of non-ortho nitro benzene ring substituents is 1. The van der Waals surface area contributed by atoms with Gasteiger partial charge in [-0.15, -0.1) is 10.2 Å². The van der Waals surface area contributed by atoms with Crippen molar-refractivity contribution >= 4 is 35.0 Å². The van der Waals surface area contributed by atoms with Crippen molar-refractivity contribution in [1.29, 1.82) is 0 Å². The van der Waals surface area contributed by atoms with Crippen molar-refractivity contribution in [2.75, 3.05) is 23.8 Å². The lowest BCUT2D eigenvalue weighted by molar-refractivity contribution is -0.384. The van der Waals surface area contributed by atoms with E-state index in [2.05, 4.69) is 15.2 Å². The molecule has 0 aliphatic rings. The normalized spacial score (nSPS) is 10.6. The minimum atomic E-state index is -0.625. The number of pyridine rings is 1. The SMILES string of the molecule is CCOC(=O)CN(C(=O)CSc1nnc(-c2ccncc2)n1-c1ccccc1)c1cccc([N+](=O)[O-])c1. The topological polar surface area (TPSA) is 133 Å². The second-order valence-electron chi connectivity index (χ2n) is 7.56. The molecule has 1 amide bonds. The summed E-state index contributed by atoms with van der Waals surface area (Å²) < 4.78 is 6.84. The number of nitro groups is 1. The molecule has 0 N–H and O–H groups in total. The second-order valence-corrected chi connectivity index (χ2v) is 8.51. The van der Waals surface area contributed by atoms with Crippen LogP contribution in [-0.4, -0.2) is 55.5 Å². The van der Waals surface area contributed by atoms with Crippen LogP contribution < -0.4 is 4.90 Å². The molecule has 0 fully saturated rings. The Labute approximate surface area is 216 Å². The zero-order valence-corrected chi connectivity index (χ0v) is 20.6. The number of nitrogens with zero attached hydrogens (tertiary/aromatic N) is 6. The van der Waals surface area contributed by atoms with Crippen molar-refractivity contribution in [3.63, 3.8) is 0 Å². The van der Waals surface area contributed by atoms with Crippen LogP contribution in [0.3, 0.4) is 0 Å². The first-order chi connectivity index (χ1) is 18.0. The third kappa shape index (κ3) is 6.16. The van der Waals surface area contributed by atoms with Crippen LogP contribution in [0, 0.1) is 10.1 Å². The molecule has 11 nitrogen and oxygen atoms in total. The van der Waals surface area contributed by atoms with Gasteiger partial charge in [-0.1, -0.05) is 36.0 Å². The van der Waals surface area contributed by atoms with Gasteiger partial charge < -0.3 is 9.64 Å². The first kappa shape index (κ1) is 25.5. The fourth-order valence-corrected chi connectivity index (χ4v) is 4.33. The van der Waals surface area contributed by atoms with Crippen LogP contribution in [0.2, 0.25) is 0 Å². The summed E-state index contributed by atoms with van der Waals surface area (Å²) in [5.41, 5.74) is 1.62. The average Bonchev–Trinajstić information content (AvgIpc) is 3.35. The summed E-state index contributed by atoms with van der Waals surface area (Å²) in [6.07, 6.45) is 3.31. The lowest BCUT2D eigenvalue weighted by Gasteiger charge is -2.21. The first-order valence-corrected chi connectivity index (χ1v) is 12.2. The molecule has 0 atom stereocenters. The van der Waals surface area contributed by atoms with Crippen molar-refractivity contribution < 1.29 is 19.2 Å². The third-order valence-electron chi connectivity index (χ3n) is 5.16. The number of hydrogen-bond donors (Lipinski definition) is 0. The molecule has 12 heteroatoms. The quantitative estimate of drug-likeness (QED) is 0.132. The van der Waals surface area contributed by atoms with Gasteiger partial charge in [0.2, 0.25) is 5.91 Å². The number of esters is 1. The van der Waals surface area contributed by atoms with Crippen LogP contribution in [-0.2, 0) is 14.3 Å². The van der Waals surface area contributed by atoms with Crippen molar-refractivity contribution in [2.24, 2.45) is 0 Å². The van der Waals surface area contributed by atoms with Gasteiger partial charge >= 0.3 is 5.97 Å². The predicted molar refractivity (Wildman–Crippen MR) is 137 cm³/mol. The van der Waals surface area contributed by atoms with Gasteiger partial charge in [0.1, 0.15) is 6.54 Å². The second kappa shape index (κ2) is 11.9. The number of hydrogen-bond acceptors (Lipinski definition) is 9. The van der Waals surface area contributed by atoms with Gasteiger partial charge in [-0.05, 0) is 37.3 Å². The molecule has 0 bridgehead atoms. The average molecular weight is 519 g/mol. The molecule has 0 radical (unpaired) electrons. The number of para-hydroxylation sites is 1. The van der Waals surface area contributed by atoms with E-state index in [4.69, 9.17) is 4.74 Å². The van der Waals surface area contributed by atoms with Crippen LogP contribution in [0.15, 0.2) is 84.3 Å². The molecule has 0 spiro atoms. The fraction of sp³-hybridized carbons (Fsp3) is 0.160. The molecule has 4 aromatic rings. The van der Waals surface area contributed by atoms with Gasteiger partial charge in [-0.25, -0.2) is 0 Å². The van der Waals surface area contributed by atoms with E-state index in [0.29, 0.717) is 11.0 Å². The molecule has 0 saturated carbocycles. The van der Waals surface area contributed by atoms with Crippen molar-refractivity contribution in [2.45, 2.75) is 12.1 Å². The minimum Gasteiger partial charge on any atom is -0.465 e. The van der Waals surface area contributed by atoms with E-state index >= 15 is 0 Å². The lowest BCUT2D eigenvalue weighted by Crippen LogP contribution is -2.37. The number of carbonyl (C=O) groups excluding carboxylic acids is 2. The molecule has 0 aliphatic carbocycles. The number of rotatable bonds is 10. The molecule has 2 aromatic heterocycles. The van der Waals surface area contributed by atoms with Crippen LogP contribution in [0.25, 0.3) is 17.1 Å². The third-order valence-corrected chi connectivity index (χ3v) is 6.07. The molecule has 2 heterocycles. The van der Waals surface area contributed by atoms with Gasteiger partial charge in [0, 0.05) is 35.8 Å². The Hall–Kier alpha value is -4.58. The van der Waals surface area contributed by atoms with Gasteiger partial charge in [-0.3, -0.25) is 29.3 Å². The standard InChI is InChI=1S/C25H22N6O5S/c1-2-36-23(33)16-29(20-9-6-10-21(15-20)31(34)35)22(32)17-37-25-28-27-24(18-11-13-26-14-12-18)30(25)19-7-4-3-5-8-19/h3-15H,2,16-17H2,1H3. The largest absolute Gasteiger partial charge is 0.465 e. The van der Waals surface area contributed by atoms with E-state index < -0.39 is 16.8 Å². The highest BCUT2D eigenvalue weighted by Gasteiger charge is 2.24. The summed E-state index contributed by atoms with van der Waals surface area (Å²) >= 11 is 1.14. The van der Waals surface area contributed by atoms with Crippen LogP contribution in [0.1, 0.15) is 6.92 Å². The van der Waals surface area contributed by atoms with Crippen LogP contribution in [0.5, 0.6) is 0 Å². The number of benzene rings is 2. The lowest BCUT2D eigenvalue weighted by atomic mass is 10.2. The van der Waals surface area contributed by atoms with Gasteiger partial charge in [0.05, 0.1) is 23.0 Å². The number of aromatic nitrogens is 4. The van der Waals surface area contributed by atoms with E-state index in [1.807, 2.05) is 47.0 Å². The molecule has 4 rings (SSSR count). The number of carbonyl (C=O) groups is 2. The van der Waals surface area contributed by atoms with Gasteiger partial charge in [0.15, 0.2) is 11.0 Å². The van der Waals surface area contributed by atoms with Gasteiger partial charge in [0.25, 0.3) is 5.69 Å². The summed E-state index contributed by atoms with van der Waals surface area (Å²) in [5, 5.41) is 20.4. The van der Waals surface area contributed by atoms with Crippen molar-refractivity contribution in [1.82, 2.24) is 19.7 Å². The first-order valence-electron chi connectivity index (χ1n) is 11.2. The molecule has 0 unspecified atom stereocenters. The maximum atomic E-state index is 13.3. The van der Waals surface area contributed by atoms with E-state index in [-0.39, 0.29) is 30.3 Å². The molecule has 2 aromatic carbocycles. The number of thioether (sulfide) groups is 1. The molecular weight excluding hydrogens is 496 g/mol. The Morgan fingerprint density at radius 1 is 1.05 bits per heavy atom. The Bertz CT molecular complexity index is 1400. The number of amides is 1. The van der Waals surface area contributed by atoms with Crippen LogP contribution >= 0.6 is 11.8 Å². The summed E-state index contributed by atoms with van der Waals surface area (Å²) in [4.78, 5) is 41.5. The summed E-state index contributed by atoms with van der Waals surface area (Å²) in [6.45, 7) is 1.41. The summed E-state index contributed by atoms with van der Waals surface area (Å²) in [6, 6.07) is 18.6. The Morgan fingerprint density at radius 2 is 1.81 bits per heavy atom. The number of ether oxygens (including phenoxy) is 1. The highest BCUT2D eigenvalue weighted by Crippen LogP contribution is 2.29. The fourth-order valence-electron chi connectivity index (χ4n) is 3.50. The van der Waals surface area contributed by atoms with E-state index in [1.165, 1.54) is 29.2 Å². The van der Waals surface area contributed by atoms with E-state index in [9.17, 15) is 19.7 Å². The Morgan fingerprint density at radius 3 is 2.51 bits per heavy atom. The molecule has 188 valence electrons. The maximum Gasteiger partial charge on any atom is 0.326 e. The minimum absolute atomic E-state index is 0.108. The van der Waals surface area contributed by atoms with Crippen LogP contribution in [0.4, 0.5) is 11.4 Å². The molecule has 0 saturated heterocycles. The van der Waals surface area contributed by atoms with E-state index in [1.54, 1.807) is 19.3 Å². The van der Waals surface area contributed by atoms with Crippen molar-refractivity contribution in [3.8, 4) is 17.1 Å². The zero-order valence-electron chi connectivity index (χ0n) is 19.8. The highest BCUT2D eigenvalue weighted by atomic mass is 32.2. The number of anilines is 1. The zero-order chi connectivity index (χ0) is 26.2. The van der Waals surface area contributed by atoms with E-state index in [0.717, 1.165) is 23.0 Å². The van der Waals surface area contributed by atoms with Crippen molar-refractivity contribution in [3.05, 3.63) is 89.2 Å². The summed E-state index contributed by atoms with van der Waals surface area (Å²) in [5.74, 6) is -0.610.